The number of rotatable bonds is 3. The summed E-state index contributed by atoms with van der Waals surface area (Å²) >= 11 is 0. The third kappa shape index (κ3) is 2.87. The lowest BCUT2D eigenvalue weighted by Crippen LogP contribution is -2.33. The molecule has 0 bridgehead atoms. The molecule has 2 aromatic rings. The Labute approximate surface area is 114 Å². The molecule has 0 aliphatic carbocycles. The maximum atomic E-state index is 4.66. The van der Waals surface area contributed by atoms with Crippen LogP contribution in [0.2, 0.25) is 0 Å². The summed E-state index contributed by atoms with van der Waals surface area (Å²) in [5.74, 6) is 0.730. The number of benzene rings is 1. The summed E-state index contributed by atoms with van der Waals surface area (Å²) in [5.41, 5.74) is 3.32. The van der Waals surface area contributed by atoms with Gasteiger partial charge < -0.3 is 10.6 Å². The van der Waals surface area contributed by atoms with Gasteiger partial charge in [-0.15, -0.1) is 0 Å². The maximum Gasteiger partial charge on any atom is 0.0936 e. The van der Waals surface area contributed by atoms with E-state index >= 15 is 0 Å². The summed E-state index contributed by atoms with van der Waals surface area (Å²) in [5, 5.41) is 8.25. The second-order valence-corrected chi connectivity index (χ2v) is 5.42. The minimum absolute atomic E-state index is 0.730. The van der Waals surface area contributed by atoms with E-state index in [0.717, 1.165) is 35.9 Å². The first-order chi connectivity index (χ1) is 9.33. The van der Waals surface area contributed by atoms with Crippen molar-refractivity contribution in [2.45, 2.75) is 19.8 Å². The molecule has 0 radical (unpaired) electrons. The van der Waals surface area contributed by atoms with E-state index in [0.29, 0.717) is 0 Å². The van der Waals surface area contributed by atoms with Gasteiger partial charge in [0.15, 0.2) is 0 Å². The first kappa shape index (κ1) is 12.4. The molecule has 1 atom stereocenters. The topological polar surface area (TPSA) is 37.0 Å². The molecule has 1 aliphatic heterocycles. The van der Waals surface area contributed by atoms with E-state index in [-0.39, 0.29) is 0 Å². The van der Waals surface area contributed by atoms with Crippen LogP contribution in [0.15, 0.2) is 30.3 Å². The monoisotopic (exact) mass is 255 g/mol. The predicted octanol–water partition coefficient (Wildman–Crippen LogP) is 2.95. The molecule has 3 nitrogen and oxygen atoms in total. The number of piperidine rings is 1. The summed E-state index contributed by atoms with van der Waals surface area (Å²) in [7, 11) is 0. The standard InChI is InChI=1S/C16H21N3/c1-12-7-8-14-5-2-6-15(16(14)19-12)18-11-13-4-3-9-17-10-13/h2,5-8,13,17-18H,3-4,9-11H2,1H3. The maximum absolute atomic E-state index is 4.66. The molecule has 3 rings (SSSR count). The third-order valence-electron chi connectivity index (χ3n) is 3.84. The largest absolute Gasteiger partial charge is 0.383 e. The van der Waals surface area contributed by atoms with Gasteiger partial charge in [-0.2, -0.15) is 0 Å². The van der Waals surface area contributed by atoms with E-state index in [1.54, 1.807) is 0 Å². The Morgan fingerprint density at radius 3 is 3.11 bits per heavy atom. The van der Waals surface area contributed by atoms with Crippen molar-refractivity contribution in [2.24, 2.45) is 5.92 Å². The molecule has 1 unspecified atom stereocenters. The normalized spacial score (nSPS) is 19.5. The zero-order valence-corrected chi connectivity index (χ0v) is 11.4. The fourth-order valence-corrected chi connectivity index (χ4v) is 2.74. The summed E-state index contributed by atoms with van der Waals surface area (Å²) in [6, 6.07) is 10.6. The Bertz CT molecular complexity index is 559. The highest BCUT2D eigenvalue weighted by Gasteiger charge is 2.13. The smallest absolute Gasteiger partial charge is 0.0936 e. The first-order valence-corrected chi connectivity index (χ1v) is 7.14. The van der Waals surface area contributed by atoms with E-state index in [1.807, 2.05) is 6.92 Å². The van der Waals surface area contributed by atoms with E-state index < -0.39 is 0 Å². The van der Waals surface area contributed by atoms with Gasteiger partial charge in [0, 0.05) is 17.6 Å². The van der Waals surface area contributed by atoms with E-state index in [4.69, 9.17) is 0 Å². The molecular formula is C16H21N3. The van der Waals surface area contributed by atoms with Crippen LogP contribution in [0.3, 0.4) is 0 Å². The van der Waals surface area contributed by atoms with Crippen LogP contribution in [0, 0.1) is 12.8 Å². The van der Waals surface area contributed by atoms with Gasteiger partial charge >= 0.3 is 0 Å². The van der Waals surface area contributed by atoms with Gasteiger partial charge in [-0.25, -0.2) is 0 Å². The minimum atomic E-state index is 0.730. The molecule has 1 fully saturated rings. The van der Waals surface area contributed by atoms with Gasteiger partial charge in [0.2, 0.25) is 0 Å². The minimum Gasteiger partial charge on any atom is -0.383 e. The van der Waals surface area contributed by atoms with Gasteiger partial charge in [0.1, 0.15) is 0 Å². The number of hydrogen-bond donors (Lipinski definition) is 2. The van der Waals surface area contributed by atoms with Crippen LogP contribution < -0.4 is 10.6 Å². The molecule has 1 aromatic carbocycles. The van der Waals surface area contributed by atoms with Gasteiger partial charge in [-0.3, -0.25) is 4.98 Å². The average molecular weight is 255 g/mol. The molecule has 2 N–H and O–H groups in total. The third-order valence-corrected chi connectivity index (χ3v) is 3.84. The highest BCUT2D eigenvalue weighted by Crippen LogP contribution is 2.22. The van der Waals surface area contributed by atoms with Crippen LogP contribution >= 0.6 is 0 Å². The van der Waals surface area contributed by atoms with Crippen molar-refractivity contribution in [2.75, 3.05) is 25.0 Å². The fourth-order valence-electron chi connectivity index (χ4n) is 2.74. The lowest BCUT2D eigenvalue weighted by atomic mass is 9.99. The zero-order chi connectivity index (χ0) is 13.1. The quantitative estimate of drug-likeness (QED) is 0.885. The van der Waals surface area contributed by atoms with Crippen molar-refractivity contribution in [3.8, 4) is 0 Å². The first-order valence-electron chi connectivity index (χ1n) is 7.14. The highest BCUT2D eigenvalue weighted by molar-refractivity contribution is 5.90. The van der Waals surface area contributed by atoms with Crippen LogP contribution in [0.5, 0.6) is 0 Å². The van der Waals surface area contributed by atoms with Crippen LogP contribution in [0.25, 0.3) is 10.9 Å². The lowest BCUT2D eigenvalue weighted by molar-refractivity contribution is 0.393. The van der Waals surface area contributed by atoms with Crippen LogP contribution in [-0.4, -0.2) is 24.6 Å². The van der Waals surface area contributed by atoms with Crippen molar-refractivity contribution < 1.29 is 0 Å². The van der Waals surface area contributed by atoms with Crippen molar-refractivity contribution in [1.82, 2.24) is 10.3 Å². The Hall–Kier alpha value is -1.61. The molecule has 1 aliphatic rings. The number of para-hydroxylation sites is 1. The second kappa shape index (κ2) is 5.57. The Morgan fingerprint density at radius 1 is 1.32 bits per heavy atom. The van der Waals surface area contributed by atoms with Gasteiger partial charge in [0.05, 0.1) is 11.2 Å². The molecule has 1 saturated heterocycles. The molecule has 3 heteroatoms. The number of fused-ring (bicyclic) bond motifs is 1. The summed E-state index contributed by atoms with van der Waals surface area (Å²) < 4.78 is 0. The molecule has 2 heterocycles. The van der Waals surface area contributed by atoms with Crippen molar-refractivity contribution in [3.05, 3.63) is 36.0 Å². The number of aryl methyl sites for hydroxylation is 1. The van der Waals surface area contributed by atoms with E-state index in [2.05, 4.69) is 45.9 Å². The Balaban J connectivity index is 1.78. The molecule has 100 valence electrons. The second-order valence-electron chi connectivity index (χ2n) is 5.42. The number of aromatic nitrogens is 1. The average Bonchev–Trinajstić information content (AvgIpc) is 2.46. The van der Waals surface area contributed by atoms with Crippen LogP contribution in [0.1, 0.15) is 18.5 Å². The highest BCUT2D eigenvalue weighted by atomic mass is 14.9. The van der Waals surface area contributed by atoms with Crippen molar-refractivity contribution in [3.63, 3.8) is 0 Å². The SMILES string of the molecule is Cc1ccc2cccc(NCC3CCCNC3)c2n1. The number of anilines is 1. The van der Waals surface area contributed by atoms with E-state index in [9.17, 15) is 0 Å². The predicted molar refractivity (Wildman–Crippen MR) is 80.6 cm³/mol. The van der Waals surface area contributed by atoms with Crippen LogP contribution in [-0.2, 0) is 0 Å². The number of hydrogen-bond acceptors (Lipinski definition) is 3. The number of pyridine rings is 1. The number of nitrogens with zero attached hydrogens (tertiary/aromatic N) is 1. The van der Waals surface area contributed by atoms with Crippen LogP contribution in [0.4, 0.5) is 5.69 Å². The molecular weight excluding hydrogens is 234 g/mol. The summed E-state index contributed by atoms with van der Waals surface area (Å²) in [4.78, 5) is 4.66. The van der Waals surface area contributed by atoms with Gasteiger partial charge in [-0.1, -0.05) is 18.2 Å². The van der Waals surface area contributed by atoms with Gasteiger partial charge in [0.25, 0.3) is 0 Å². The van der Waals surface area contributed by atoms with E-state index in [1.165, 1.54) is 24.8 Å². The van der Waals surface area contributed by atoms with Crippen molar-refractivity contribution >= 4 is 16.6 Å². The zero-order valence-electron chi connectivity index (χ0n) is 11.4. The summed E-state index contributed by atoms with van der Waals surface area (Å²) in [6.07, 6.45) is 2.61. The number of nitrogens with one attached hydrogen (secondary N) is 2. The van der Waals surface area contributed by atoms with Crippen molar-refractivity contribution in [1.29, 1.82) is 0 Å². The lowest BCUT2D eigenvalue weighted by Gasteiger charge is -2.23. The summed E-state index contributed by atoms with van der Waals surface area (Å²) in [6.45, 7) is 5.37. The molecule has 0 saturated carbocycles. The Kier molecular flexibility index (Phi) is 3.65. The molecule has 0 amide bonds. The molecule has 19 heavy (non-hydrogen) atoms. The van der Waals surface area contributed by atoms with Gasteiger partial charge in [-0.05, 0) is 50.9 Å². The Morgan fingerprint density at radius 2 is 2.26 bits per heavy atom. The molecule has 1 aromatic heterocycles. The molecule has 0 spiro atoms. The fraction of sp³-hybridized carbons (Fsp3) is 0.438.